The van der Waals surface area contributed by atoms with Crippen molar-refractivity contribution in [2.75, 3.05) is 55.2 Å². The predicted octanol–water partition coefficient (Wildman–Crippen LogP) is 19.3. The van der Waals surface area contributed by atoms with Gasteiger partial charge in [0.25, 0.3) is 8.32 Å². The summed E-state index contributed by atoms with van der Waals surface area (Å²) < 4.78 is 72.5. The molecule has 3 unspecified atom stereocenters. The van der Waals surface area contributed by atoms with Crippen LogP contribution in [0.5, 0.6) is 23.0 Å². The van der Waals surface area contributed by atoms with Crippen molar-refractivity contribution in [1.82, 2.24) is 0 Å². The number of hydrogen-bond donors (Lipinski definition) is 0. The van der Waals surface area contributed by atoms with Crippen molar-refractivity contribution in [1.29, 1.82) is 0 Å². The molecule has 0 spiro atoms. The first-order valence-electron chi connectivity index (χ1n) is 41.2. The van der Waals surface area contributed by atoms with Gasteiger partial charge in [0.2, 0.25) is 0 Å². The molecule has 0 aliphatic heterocycles. The van der Waals surface area contributed by atoms with Gasteiger partial charge in [-0.3, -0.25) is 0 Å². The van der Waals surface area contributed by atoms with Crippen molar-refractivity contribution in [3.63, 3.8) is 0 Å². The van der Waals surface area contributed by atoms with E-state index >= 15 is 0 Å². The van der Waals surface area contributed by atoms with Crippen LogP contribution in [0.2, 0.25) is 10.1 Å². The summed E-state index contributed by atoms with van der Waals surface area (Å²) in [6, 6.07) is 78.2. The van der Waals surface area contributed by atoms with Gasteiger partial charge in [0.15, 0.2) is 6.79 Å². The standard InChI is InChI=1S/C53H64O8SeSi.C47H58O8Si/c1-9-58-52(55)50-46(36-42(57-8)37-48(50)59-38-56-7)49(62-43-28-16-11-17-29-43)35-22-24-39(2)47(60-51(54)41-26-14-10-15-27-41)34-23-25-40(3)61-63(53(4,5)6,44-30-18-12-19-31-44)45-32-20-13-21-33-45;1-9-52-46(49)44-38(32-39(51-8)33-43(44)53-34-50-7)26-20-19-22-35(2)42(54-45(48)37-24-13-10-14-25-37)31-21-23-36(3)55-56(47(4,5)6,40-27-15-11-16-28-40)41-29-17-12-18-30-41/h10-21,23,26-34,36-37,39-40,47,49H,9,22,24-25,35,38H2,1-8H3;10-18,20-21,24-33,35-36,42H,9,19,22-23,34H2,1-8H3/b34-23-;26-20+,31-21-/t39-,40+,47?,49?;35-,36+,42?/m00/s1. The van der Waals surface area contributed by atoms with Gasteiger partial charge in [-0.1, -0.05) is 206 Å². The number of hydrogen-bond acceptors (Lipinski definition) is 16. The zero-order valence-corrected chi connectivity index (χ0v) is 76.0. The summed E-state index contributed by atoms with van der Waals surface area (Å²) in [6.07, 6.45) is 15.8. The molecule has 0 N–H and O–H groups in total. The van der Waals surface area contributed by atoms with E-state index in [4.69, 9.17) is 56.2 Å². The number of benzene rings is 9. The third-order valence-corrected chi connectivity index (χ3v) is 33.8. The third kappa shape index (κ3) is 26.8. The fraction of sp³-hybridized carbons (Fsp3) is 0.360. The Morgan fingerprint density at radius 1 is 0.429 bits per heavy atom. The molecule has 0 aliphatic rings. The van der Waals surface area contributed by atoms with Crippen LogP contribution in [0.3, 0.4) is 0 Å². The van der Waals surface area contributed by atoms with E-state index in [9.17, 15) is 19.2 Å². The summed E-state index contributed by atoms with van der Waals surface area (Å²) in [5, 5.41) is 4.62. The molecule has 0 saturated carbocycles. The molecule has 0 fully saturated rings. The van der Waals surface area contributed by atoms with E-state index in [-0.39, 0.29) is 92.6 Å². The normalized spacial score (nSPS) is 13.7. The van der Waals surface area contributed by atoms with Crippen molar-refractivity contribution < 1.29 is 75.4 Å². The molecule has 0 aromatic heterocycles. The molecule has 0 bridgehead atoms. The van der Waals surface area contributed by atoms with E-state index in [1.54, 1.807) is 77.6 Å². The number of allylic oxidation sites excluding steroid dienone is 1. The minimum absolute atomic E-state index is 0.0258. The molecule has 9 aromatic rings. The van der Waals surface area contributed by atoms with Gasteiger partial charge in [0.05, 0.1) is 19.3 Å². The maximum absolute atomic E-state index is 13.7. The second-order valence-electron chi connectivity index (χ2n) is 31.5. The van der Waals surface area contributed by atoms with Gasteiger partial charge in [-0.25, -0.2) is 9.59 Å². The Kier molecular flexibility index (Phi) is 37.9. The van der Waals surface area contributed by atoms with Crippen LogP contribution >= 0.6 is 0 Å². The van der Waals surface area contributed by atoms with Crippen LogP contribution in [-0.2, 0) is 37.3 Å². The van der Waals surface area contributed by atoms with Gasteiger partial charge in [0, 0.05) is 19.3 Å². The van der Waals surface area contributed by atoms with Gasteiger partial charge >= 0.3 is 299 Å². The first-order chi connectivity index (χ1) is 57.4. The number of carbonyl (C=O) groups is 4. The predicted molar refractivity (Wildman–Crippen MR) is 483 cm³/mol. The summed E-state index contributed by atoms with van der Waals surface area (Å²) in [6.45, 7) is 26.1. The molecular formula is C100H122O16SeSi2. The molecular weight excluding hydrogens is 1590 g/mol. The van der Waals surface area contributed by atoms with E-state index in [2.05, 4.69) is 203 Å². The zero-order valence-electron chi connectivity index (χ0n) is 72.2. The molecule has 0 amide bonds. The van der Waals surface area contributed by atoms with E-state index in [1.807, 2.05) is 97.1 Å². The van der Waals surface area contributed by atoms with Crippen LogP contribution in [0.25, 0.3) is 6.08 Å². The number of esters is 4. The quantitative estimate of drug-likeness (QED) is 0.0116. The molecule has 9 aromatic carbocycles. The van der Waals surface area contributed by atoms with E-state index in [0.717, 1.165) is 24.8 Å². The van der Waals surface area contributed by atoms with Crippen molar-refractivity contribution >= 4 is 86.8 Å². The average molecular weight is 1720 g/mol. The summed E-state index contributed by atoms with van der Waals surface area (Å²) in [4.78, 5) is 53.6. The Balaban J connectivity index is 0.000000299. The molecule has 0 aliphatic carbocycles. The van der Waals surface area contributed by atoms with Crippen molar-refractivity contribution in [2.45, 2.75) is 167 Å². The van der Waals surface area contributed by atoms with Crippen LogP contribution in [0, 0.1) is 11.8 Å². The fourth-order valence-corrected chi connectivity index (χ4v) is 26.8. The van der Waals surface area contributed by atoms with Gasteiger partial charge in [-0.05, 0) is 99.7 Å². The SMILES string of the molecule is CCOC(=O)c1c(/C=C/CC[C@H](C)C(/C=C\C[C@@H](C)O[Si](c2ccccc2)(c2ccccc2)C(C)(C)C)OC(=O)c2ccccc2)cc(OC)cc1OCOC.CCOC(=O)c1c(OCOC)cc(OC)cc1C(CCC[C@H](C)C(/C=C\C[C@@H](C)O[Si](c1ccccc1)(c1ccccc1)C(C)(C)C)OC(=O)c1ccccc1)[Se]c1ccccc1. The molecule has 16 nitrogen and oxygen atoms in total. The zero-order chi connectivity index (χ0) is 85.8. The monoisotopic (exact) mass is 1710 g/mol. The van der Waals surface area contributed by atoms with Crippen molar-refractivity contribution in [2.24, 2.45) is 11.8 Å². The Morgan fingerprint density at radius 2 is 0.798 bits per heavy atom. The van der Waals surface area contributed by atoms with Crippen LogP contribution in [0.15, 0.2) is 267 Å². The molecule has 632 valence electrons. The first kappa shape index (κ1) is 94.6. The Labute approximate surface area is 715 Å². The number of ether oxygens (including phenoxy) is 10. The summed E-state index contributed by atoms with van der Waals surface area (Å²) in [7, 11) is 0.705. The van der Waals surface area contributed by atoms with Crippen LogP contribution < -0.4 is 44.2 Å². The average Bonchev–Trinajstić information content (AvgIpc) is 0.748. The molecule has 0 radical (unpaired) electrons. The summed E-state index contributed by atoms with van der Waals surface area (Å²) in [5.74, 6) is 0.0308. The van der Waals surface area contributed by atoms with Crippen LogP contribution in [0.1, 0.15) is 185 Å². The summed E-state index contributed by atoms with van der Waals surface area (Å²) in [5.41, 5.74) is 3.10. The number of rotatable bonds is 43. The molecule has 19 heteroatoms. The number of carbonyl (C=O) groups excluding carboxylic acids is 4. The maximum atomic E-state index is 13.7. The van der Waals surface area contributed by atoms with E-state index < -0.39 is 40.8 Å². The Morgan fingerprint density at radius 3 is 1.18 bits per heavy atom. The van der Waals surface area contributed by atoms with Crippen molar-refractivity contribution in [3.8, 4) is 23.0 Å². The second-order valence-corrected chi connectivity index (χ2v) is 42.7. The van der Waals surface area contributed by atoms with Crippen LogP contribution in [-0.4, -0.2) is 135 Å². The molecule has 9 rings (SSSR count). The topological polar surface area (TPSA) is 179 Å². The molecule has 119 heavy (non-hydrogen) atoms. The van der Waals surface area contributed by atoms with Crippen molar-refractivity contribution in [3.05, 3.63) is 300 Å². The van der Waals surface area contributed by atoms with Gasteiger partial charge in [-0.2, -0.15) is 0 Å². The minimum atomic E-state index is -2.77. The van der Waals surface area contributed by atoms with E-state index in [0.29, 0.717) is 76.5 Å². The fourth-order valence-electron chi connectivity index (χ4n) is 14.7. The van der Waals surface area contributed by atoms with Gasteiger partial charge in [-0.15, -0.1) is 0 Å². The Hall–Kier alpha value is -9.93. The molecule has 0 saturated heterocycles. The van der Waals surface area contributed by atoms with Crippen LogP contribution in [0.4, 0.5) is 0 Å². The molecule has 7 atom stereocenters. The summed E-state index contributed by atoms with van der Waals surface area (Å²) >= 11 is -0.0725. The van der Waals surface area contributed by atoms with Gasteiger partial charge in [0.1, 0.15) is 23.2 Å². The van der Waals surface area contributed by atoms with Gasteiger partial charge < -0.3 is 28.1 Å². The first-order valence-corrected chi connectivity index (χ1v) is 46.9. The third-order valence-electron chi connectivity index (χ3n) is 20.7. The Bertz CT molecular complexity index is 4560. The van der Waals surface area contributed by atoms with E-state index in [1.165, 1.54) is 32.3 Å². The molecule has 0 heterocycles. The second kappa shape index (κ2) is 47.8. The number of methoxy groups -OCH3 is 4.